The first-order chi connectivity index (χ1) is 5.27. The topological polar surface area (TPSA) is 55.1 Å². The summed E-state index contributed by atoms with van der Waals surface area (Å²) >= 11 is 0. The zero-order chi connectivity index (χ0) is 7.84. The van der Waals surface area contributed by atoms with E-state index in [0.717, 1.165) is 12.3 Å². The van der Waals surface area contributed by atoms with E-state index in [1.54, 1.807) is 0 Å². The predicted molar refractivity (Wildman–Crippen MR) is 41.9 cm³/mol. The van der Waals surface area contributed by atoms with E-state index in [4.69, 9.17) is 5.73 Å². The van der Waals surface area contributed by atoms with Crippen molar-refractivity contribution in [1.82, 2.24) is 5.32 Å². The molecule has 3 nitrogen and oxygen atoms in total. The number of amides is 1. The van der Waals surface area contributed by atoms with Gasteiger partial charge in [-0.15, -0.1) is 0 Å². The zero-order valence-electron chi connectivity index (χ0n) is 6.55. The van der Waals surface area contributed by atoms with E-state index < -0.39 is 0 Å². The highest BCUT2D eigenvalue weighted by molar-refractivity contribution is 5.80. The van der Waals surface area contributed by atoms with Gasteiger partial charge in [0.2, 0.25) is 5.91 Å². The van der Waals surface area contributed by atoms with E-state index in [2.05, 4.69) is 5.32 Å². The van der Waals surface area contributed by atoms with Crippen LogP contribution in [-0.2, 0) is 4.79 Å². The van der Waals surface area contributed by atoms with Crippen LogP contribution in [-0.4, -0.2) is 18.0 Å². The fourth-order valence-electron chi connectivity index (χ4n) is 2.37. The van der Waals surface area contributed by atoms with E-state index in [9.17, 15) is 4.79 Å². The van der Waals surface area contributed by atoms with Gasteiger partial charge < -0.3 is 11.1 Å². The molecule has 0 aromatic carbocycles. The molecule has 0 radical (unpaired) electrons. The maximum absolute atomic E-state index is 10.8. The van der Waals surface area contributed by atoms with Crippen LogP contribution in [0.5, 0.6) is 0 Å². The second-order valence-electron chi connectivity index (χ2n) is 3.65. The molecule has 0 spiro atoms. The third kappa shape index (κ3) is 1.13. The number of nitrogens with one attached hydrogen (secondary N) is 1. The first-order valence-corrected chi connectivity index (χ1v) is 4.33. The molecule has 1 amide bonds. The first kappa shape index (κ1) is 7.10. The lowest BCUT2D eigenvalue weighted by molar-refractivity contribution is -0.119. The van der Waals surface area contributed by atoms with Gasteiger partial charge in [-0.05, 0) is 25.2 Å². The van der Waals surface area contributed by atoms with Crippen LogP contribution in [0, 0.1) is 5.92 Å². The molecule has 0 unspecified atom stereocenters. The van der Waals surface area contributed by atoms with Crippen molar-refractivity contribution in [3.8, 4) is 0 Å². The molecule has 0 bridgehead atoms. The maximum Gasteiger partial charge on any atom is 0.234 e. The number of fused-ring (bicyclic) bond motifs is 1. The van der Waals surface area contributed by atoms with Crippen molar-refractivity contribution in [1.29, 1.82) is 0 Å². The Kier molecular flexibility index (Phi) is 1.60. The first-order valence-electron chi connectivity index (χ1n) is 4.33. The molecule has 2 rings (SSSR count). The Morgan fingerprint density at radius 3 is 2.91 bits per heavy atom. The fourth-order valence-corrected chi connectivity index (χ4v) is 2.37. The van der Waals surface area contributed by atoms with Gasteiger partial charge in [0.25, 0.3) is 0 Å². The van der Waals surface area contributed by atoms with Gasteiger partial charge >= 0.3 is 0 Å². The quantitative estimate of drug-likeness (QED) is 0.558. The average Bonchev–Trinajstić information content (AvgIpc) is 2.40. The van der Waals surface area contributed by atoms with Crippen molar-refractivity contribution in [2.45, 2.75) is 37.8 Å². The average molecular weight is 154 g/mol. The van der Waals surface area contributed by atoms with Crippen LogP contribution in [0.3, 0.4) is 0 Å². The summed E-state index contributed by atoms with van der Waals surface area (Å²) in [5.74, 6) is 0.548. The van der Waals surface area contributed by atoms with Crippen molar-refractivity contribution in [3.05, 3.63) is 0 Å². The molecule has 3 heteroatoms. The molecule has 3 atom stereocenters. The number of hydrogen-bond acceptors (Lipinski definition) is 2. The molecule has 1 saturated carbocycles. The van der Waals surface area contributed by atoms with Crippen molar-refractivity contribution in [2.75, 3.05) is 0 Å². The largest absolute Gasteiger partial charge is 0.368 e. The summed E-state index contributed by atoms with van der Waals surface area (Å²) in [6.45, 7) is 0. The third-order valence-electron chi connectivity index (χ3n) is 2.96. The Labute approximate surface area is 66.3 Å². The molecule has 1 aliphatic carbocycles. The van der Waals surface area contributed by atoms with Gasteiger partial charge in [0.1, 0.15) is 0 Å². The second kappa shape index (κ2) is 2.48. The Hall–Kier alpha value is -0.570. The van der Waals surface area contributed by atoms with Gasteiger partial charge in [0, 0.05) is 6.04 Å². The van der Waals surface area contributed by atoms with Gasteiger partial charge in [0.15, 0.2) is 0 Å². The molecule has 2 aliphatic rings. The molecule has 11 heavy (non-hydrogen) atoms. The van der Waals surface area contributed by atoms with Crippen LogP contribution in [0.4, 0.5) is 0 Å². The zero-order valence-corrected chi connectivity index (χ0v) is 6.55. The third-order valence-corrected chi connectivity index (χ3v) is 2.96. The van der Waals surface area contributed by atoms with Crippen LogP contribution in [0.15, 0.2) is 0 Å². The van der Waals surface area contributed by atoms with E-state index in [-0.39, 0.29) is 11.9 Å². The van der Waals surface area contributed by atoms with Crippen LogP contribution >= 0.6 is 0 Å². The summed E-state index contributed by atoms with van der Waals surface area (Å²) in [6.07, 6.45) is 4.80. The minimum atomic E-state index is -0.181. The minimum Gasteiger partial charge on any atom is -0.368 e. The minimum absolute atomic E-state index is 0.0368. The Bertz CT molecular complexity index is 169. The molecule has 62 valence electrons. The van der Waals surface area contributed by atoms with Gasteiger partial charge in [0.05, 0.1) is 6.04 Å². The Morgan fingerprint density at radius 2 is 2.27 bits per heavy atom. The summed E-state index contributed by atoms with van der Waals surface area (Å²) in [5, 5.41) is 3.28. The number of rotatable bonds is 1. The maximum atomic E-state index is 10.8. The van der Waals surface area contributed by atoms with Crippen molar-refractivity contribution in [2.24, 2.45) is 11.7 Å². The summed E-state index contributed by atoms with van der Waals surface area (Å²) in [7, 11) is 0. The van der Waals surface area contributed by atoms with Crippen molar-refractivity contribution < 1.29 is 4.79 Å². The van der Waals surface area contributed by atoms with Gasteiger partial charge in [-0.2, -0.15) is 0 Å². The van der Waals surface area contributed by atoms with Gasteiger partial charge in [-0.1, -0.05) is 6.42 Å². The normalized spacial score (nSPS) is 42.4. The molecule has 1 aliphatic heterocycles. The molecule has 0 aromatic heterocycles. The number of primary amides is 1. The van der Waals surface area contributed by atoms with Crippen LogP contribution in [0.2, 0.25) is 0 Å². The molecule has 0 aromatic rings. The summed E-state index contributed by atoms with van der Waals surface area (Å²) in [6, 6.07) is 0.554. The number of nitrogens with two attached hydrogens (primary N) is 1. The lowest BCUT2D eigenvalue weighted by atomic mass is 10.0. The summed E-state index contributed by atoms with van der Waals surface area (Å²) in [4.78, 5) is 10.8. The standard InChI is InChI=1S/C8H14N2O/c9-8(11)7-4-5-2-1-3-6(5)10-7/h5-7,10H,1-4H2,(H2,9,11)/t5-,6-,7-/m0/s1. The van der Waals surface area contributed by atoms with E-state index in [0.29, 0.717) is 6.04 Å². The van der Waals surface area contributed by atoms with Crippen molar-refractivity contribution >= 4 is 5.91 Å². The molecule has 1 saturated heterocycles. The number of carbonyl (C=O) groups is 1. The smallest absolute Gasteiger partial charge is 0.234 e. The van der Waals surface area contributed by atoms with Gasteiger partial charge in [-0.3, -0.25) is 4.79 Å². The van der Waals surface area contributed by atoms with Crippen LogP contribution < -0.4 is 11.1 Å². The molecule has 3 N–H and O–H groups in total. The Morgan fingerprint density at radius 1 is 1.45 bits per heavy atom. The summed E-state index contributed by atoms with van der Waals surface area (Å²) in [5.41, 5.74) is 5.20. The lowest BCUT2D eigenvalue weighted by Gasteiger charge is -2.08. The molecular formula is C8H14N2O. The van der Waals surface area contributed by atoms with Gasteiger partial charge in [-0.25, -0.2) is 0 Å². The predicted octanol–water partition coefficient (Wildman–Crippen LogP) is 0.00230. The summed E-state index contributed by atoms with van der Waals surface area (Å²) < 4.78 is 0. The van der Waals surface area contributed by atoms with E-state index in [1.165, 1.54) is 19.3 Å². The number of hydrogen-bond donors (Lipinski definition) is 2. The second-order valence-corrected chi connectivity index (χ2v) is 3.65. The highest BCUT2D eigenvalue weighted by Crippen LogP contribution is 2.34. The van der Waals surface area contributed by atoms with Crippen LogP contribution in [0.25, 0.3) is 0 Å². The lowest BCUT2D eigenvalue weighted by Crippen LogP contribution is -2.39. The molecule has 1 heterocycles. The highest BCUT2D eigenvalue weighted by atomic mass is 16.1. The van der Waals surface area contributed by atoms with Crippen molar-refractivity contribution in [3.63, 3.8) is 0 Å². The SMILES string of the molecule is NC(=O)[C@@H]1C[C@@H]2CCC[C@@H]2N1. The number of carbonyl (C=O) groups excluding carboxylic acids is 1. The van der Waals surface area contributed by atoms with E-state index >= 15 is 0 Å². The monoisotopic (exact) mass is 154 g/mol. The Balaban J connectivity index is 1.99. The molecule has 2 fully saturated rings. The van der Waals surface area contributed by atoms with E-state index in [1.807, 2.05) is 0 Å². The highest BCUT2D eigenvalue weighted by Gasteiger charge is 2.38. The fraction of sp³-hybridized carbons (Fsp3) is 0.875. The molecular weight excluding hydrogens is 140 g/mol. The van der Waals surface area contributed by atoms with Crippen LogP contribution in [0.1, 0.15) is 25.7 Å².